The first kappa shape index (κ1) is 15.7. The molecule has 126 valence electrons. The highest BCUT2D eigenvalue weighted by Gasteiger charge is 2.44. The SMILES string of the molecule is O=C(c1c(O)c2cccc3c2n(c1=O)-c1ncccc1S3)C(F)(F)F. The lowest BCUT2D eigenvalue weighted by molar-refractivity contribution is -0.0887. The Bertz CT molecular complexity index is 1120. The summed E-state index contributed by atoms with van der Waals surface area (Å²) in [4.78, 5) is 29.6. The van der Waals surface area contributed by atoms with Gasteiger partial charge in [0.25, 0.3) is 11.3 Å². The predicted octanol–water partition coefficient (Wildman–Crippen LogP) is 3.30. The van der Waals surface area contributed by atoms with Gasteiger partial charge in [0, 0.05) is 16.5 Å². The Morgan fingerprint density at radius 2 is 1.88 bits per heavy atom. The molecule has 1 aromatic carbocycles. The first-order chi connectivity index (χ1) is 11.8. The lowest BCUT2D eigenvalue weighted by Crippen LogP contribution is -2.34. The molecule has 4 rings (SSSR count). The Balaban J connectivity index is 2.22. The highest BCUT2D eigenvalue weighted by molar-refractivity contribution is 7.99. The van der Waals surface area contributed by atoms with E-state index in [2.05, 4.69) is 4.98 Å². The maximum absolute atomic E-state index is 12.9. The number of carbonyl (C=O) groups is 1. The fourth-order valence-corrected chi connectivity index (χ4v) is 3.84. The minimum atomic E-state index is -5.29. The smallest absolute Gasteiger partial charge is 0.455 e. The Kier molecular flexibility index (Phi) is 3.20. The highest BCUT2D eigenvalue weighted by Crippen LogP contribution is 2.43. The molecule has 1 aliphatic heterocycles. The Morgan fingerprint density at radius 1 is 1.16 bits per heavy atom. The number of Topliss-reactive ketones (excluding diaryl/α,β-unsaturated/α-hetero) is 1. The van der Waals surface area contributed by atoms with Crippen LogP contribution in [0.4, 0.5) is 13.2 Å². The van der Waals surface area contributed by atoms with Crippen LogP contribution in [0.15, 0.2) is 51.1 Å². The zero-order chi connectivity index (χ0) is 17.9. The van der Waals surface area contributed by atoms with Crippen molar-refractivity contribution in [3.63, 3.8) is 0 Å². The second kappa shape index (κ2) is 5.09. The minimum Gasteiger partial charge on any atom is -0.506 e. The van der Waals surface area contributed by atoms with Gasteiger partial charge in [-0.05, 0) is 24.3 Å². The fraction of sp³-hybridized carbons (Fsp3) is 0.0625. The standard InChI is InChI=1S/C16H7F3N2O3S/c17-16(18,19)13(23)10-12(22)7-3-1-4-8-11(7)21(15(10)24)14-9(25-8)5-2-6-20-14/h1-6,22H. The molecule has 0 fully saturated rings. The first-order valence-electron chi connectivity index (χ1n) is 6.96. The van der Waals surface area contributed by atoms with Gasteiger partial charge in [0.15, 0.2) is 5.82 Å². The first-order valence-corrected chi connectivity index (χ1v) is 7.78. The maximum Gasteiger partial charge on any atom is 0.455 e. The normalized spacial score (nSPS) is 12.9. The maximum atomic E-state index is 12.9. The summed E-state index contributed by atoms with van der Waals surface area (Å²) < 4.78 is 39.6. The molecule has 25 heavy (non-hydrogen) atoms. The monoisotopic (exact) mass is 364 g/mol. The molecule has 3 aromatic rings. The van der Waals surface area contributed by atoms with Crippen molar-refractivity contribution >= 4 is 28.4 Å². The molecule has 9 heteroatoms. The van der Waals surface area contributed by atoms with Crippen LogP contribution in [0.25, 0.3) is 16.7 Å². The summed E-state index contributed by atoms with van der Waals surface area (Å²) in [5, 5.41) is 10.2. The van der Waals surface area contributed by atoms with Crippen LogP contribution >= 0.6 is 11.8 Å². The van der Waals surface area contributed by atoms with Crippen molar-refractivity contribution in [2.45, 2.75) is 16.0 Å². The Labute approximate surface area is 141 Å². The summed E-state index contributed by atoms with van der Waals surface area (Å²) in [5.74, 6) is -3.24. The molecule has 0 unspecified atom stereocenters. The summed E-state index contributed by atoms with van der Waals surface area (Å²) in [6, 6.07) is 7.85. The average Bonchev–Trinajstić information content (AvgIpc) is 2.57. The van der Waals surface area contributed by atoms with E-state index in [0.29, 0.717) is 9.79 Å². The number of halogens is 3. The van der Waals surface area contributed by atoms with Crippen molar-refractivity contribution in [2.75, 3.05) is 0 Å². The van der Waals surface area contributed by atoms with Crippen molar-refractivity contribution in [3.05, 3.63) is 52.4 Å². The number of aromatic nitrogens is 2. The van der Waals surface area contributed by atoms with Gasteiger partial charge >= 0.3 is 6.18 Å². The van der Waals surface area contributed by atoms with Crippen molar-refractivity contribution in [1.29, 1.82) is 0 Å². The molecule has 1 N–H and O–H groups in total. The van der Waals surface area contributed by atoms with E-state index in [1.165, 1.54) is 30.1 Å². The van der Waals surface area contributed by atoms with Crippen LogP contribution in [0.3, 0.4) is 0 Å². The summed E-state index contributed by atoms with van der Waals surface area (Å²) in [6.45, 7) is 0. The number of hydrogen-bond donors (Lipinski definition) is 1. The van der Waals surface area contributed by atoms with Crippen LogP contribution in [0, 0.1) is 0 Å². The van der Waals surface area contributed by atoms with Crippen molar-refractivity contribution in [1.82, 2.24) is 9.55 Å². The van der Waals surface area contributed by atoms with E-state index in [0.717, 1.165) is 4.57 Å². The van der Waals surface area contributed by atoms with Gasteiger partial charge in [0.2, 0.25) is 0 Å². The number of alkyl halides is 3. The largest absolute Gasteiger partial charge is 0.506 e. The highest BCUT2D eigenvalue weighted by atomic mass is 32.2. The van der Waals surface area contributed by atoms with Crippen molar-refractivity contribution in [2.24, 2.45) is 0 Å². The molecule has 3 heterocycles. The number of rotatable bonds is 1. The molecule has 0 radical (unpaired) electrons. The van der Waals surface area contributed by atoms with E-state index in [9.17, 15) is 27.9 Å². The molecule has 0 amide bonds. The molecular weight excluding hydrogens is 357 g/mol. The molecule has 0 saturated heterocycles. The summed E-state index contributed by atoms with van der Waals surface area (Å²) in [7, 11) is 0. The van der Waals surface area contributed by atoms with E-state index in [-0.39, 0.29) is 16.7 Å². The third kappa shape index (κ3) is 2.15. The number of para-hydroxylation sites is 1. The number of carbonyl (C=O) groups excluding carboxylic acids is 1. The predicted molar refractivity (Wildman–Crippen MR) is 83.5 cm³/mol. The number of benzene rings is 1. The number of aromatic hydroxyl groups is 1. The molecular formula is C16H7F3N2O3S. The zero-order valence-electron chi connectivity index (χ0n) is 12.2. The molecule has 0 bridgehead atoms. The molecule has 0 saturated carbocycles. The van der Waals surface area contributed by atoms with Crippen LogP contribution < -0.4 is 5.56 Å². The second-order valence-corrected chi connectivity index (χ2v) is 6.35. The summed E-state index contributed by atoms with van der Waals surface area (Å²) >= 11 is 1.27. The molecule has 2 aromatic heterocycles. The van der Waals surface area contributed by atoms with Gasteiger partial charge in [0.1, 0.15) is 11.3 Å². The Morgan fingerprint density at radius 3 is 2.60 bits per heavy atom. The third-order valence-electron chi connectivity index (χ3n) is 3.80. The molecule has 0 spiro atoms. The van der Waals surface area contributed by atoms with E-state index in [1.54, 1.807) is 18.2 Å². The fourth-order valence-electron chi connectivity index (χ4n) is 2.77. The minimum absolute atomic E-state index is 0.0199. The quantitative estimate of drug-likeness (QED) is 0.525. The topological polar surface area (TPSA) is 72.2 Å². The van der Waals surface area contributed by atoms with Gasteiger partial charge in [-0.1, -0.05) is 17.8 Å². The lowest BCUT2D eigenvalue weighted by Gasteiger charge is -2.22. The number of hydrogen-bond acceptors (Lipinski definition) is 5. The average molecular weight is 364 g/mol. The van der Waals surface area contributed by atoms with Crippen LogP contribution in [0.2, 0.25) is 0 Å². The van der Waals surface area contributed by atoms with E-state index in [1.807, 2.05) is 0 Å². The molecule has 0 atom stereocenters. The number of fused-ring (bicyclic) bond motifs is 2. The van der Waals surface area contributed by atoms with Crippen molar-refractivity contribution in [3.8, 4) is 11.6 Å². The van der Waals surface area contributed by atoms with E-state index in [4.69, 9.17) is 0 Å². The van der Waals surface area contributed by atoms with Crippen LogP contribution in [-0.2, 0) is 0 Å². The number of ketones is 1. The molecule has 1 aliphatic rings. The van der Waals surface area contributed by atoms with Gasteiger partial charge in [-0.25, -0.2) is 4.98 Å². The van der Waals surface area contributed by atoms with Gasteiger partial charge in [-0.15, -0.1) is 0 Å². The van der Waals surface area contributed by atoms with E-state index >= 15 is 0 Å². The Hall–Kier alpha value is -2.81. The van der Waals surface area contributed by atoms with Crippen LogP contribution in [-0.4, -0.2) is 26.6 Å². The van der Waals surface area contributed by atoms with Gasteiger partial charge in [-0.3, -0.25) is 14.2 Å². The van der Waals surface area contributed by atoms with E-state index < -0.39 is 28.8 Å². The van der Waals surface area contributed by atoms with Crippen LogP contribution in [0.5, 0.6) is 5.75 Å². The van der Waals surface area contributed by atoms with Gasteiger partial charge in [0.05, 0.1) is 10.4 Å². The van der Waals surface area contributed by atoms with Crippen molar-refractivity contribution < 1.29 is 23.1 Å². The van der Waals surface area contributed by atoms with Gasteiger partial charge < -0.3 is 5.11 Å². The summed E-state index contributed by atoms with van der Waals surface area (Å²) in [5.41, 5.74) is -2.33. The third-order valence-corrected chi connectivity index (χ3v) is 4.89. The zero-order valence-corrected chi connectivity index (χ0v) is 13.0. The number of nitrogens with zero attached hydrogens (tertiary/aromatic N) is 2. The van der Waals surface area contributed by atoms with Crippen LogP contribution in [0.1, 0.15) is 10.4 Å². The number of pyridine rings is 2. The van der Waals surface area contributed by atoms with Gasteiger partial charge in [-0.2, -0.15) is 13.2 Å². The lowest BCUT2D eigenvalue weighted by atomic mass is 10.1. The molecule has 0 aliphatic carbocycles. The summed E-state index contributed by atoms with van der Waals surface area (Å²) in [6.07, 6.45) is -3.89. The molecule has 5 nitrogen and oxygen atoms in total. The second-order valence-electron chi connectivity index (χ2n) is 5.27.